The number of halogens is 1. The van der Waals surface area contributed by atoms with Gasteiger partial charge >= 0.3 is 0 Å². The van der Waals surface area contributed by atoms with E-state index in [1.54, 1.807) is 0 Å². The van der Waals surface area contributed by atoms with Crippen LogP contribution in [0.3, 0.4) is 0 Å². The van der Waals surface area contributed by atoms with E-state index in [1.165, 1.54) is 16.7 Å². The molecule has 0 amide bonds. The first kappa shape index (κ1) is 13.1. The van der Waals surface area contributed by atoms with E-state index in [0.717, 1.165) is 4.47 Å². The van der Waals surface area contributed by atoms with Gasteiger partial charge in [-0.25, -0.2) is 0 Å². The molecule has 0 aromatic heterocycles. The average Bonchev–Trinajstić information content (AvgIpc) is 2.38. The minimum Gasteiger partial charge on any atom is -0.325 e. The third-order valence-electron chi connectivity index (χ3n) is 2.67. The molecule has 2 N–H and O–H groups in total. The Hall–Kier alpha value is -1.38. The number of hydrogen-bond acceptors (Lipinski definition) is 1. The van der Waals surface area contributed by atoms with Gasteiger partial charge in [0, 0.05) is 10.5 Å². The molecule has 0 aliphatic carbocycles. The van der Waals surface area contributed by atoms with Gasteiger partial charge in [0.2, 0.25) is 0 Å². The van der Waals surface area contributed by atoms with E-state index >= 15 is 0 Å². The van der Waals surface area contributed by atoms with Crippen molar-refractivity contribution in [2.75, 3.05) is 0 Å². The summed E-state index contributed by atoms with van der Waals surface area (Å²) >= 11 is 3.46. The molecule has 1 atom stereocenters. The molecule has 0 spiro atoms. The second kappa shape index (κ2) is 5.98. The predicted molar refractivity (Wildman–Crippen MR) is 81.3 cm³/mol. The number of rotatable bonds is 3. The Kier molecular flexibility index (Phi) is 4.34. The minimum atomic E-state index is 0.0313. The molecule has 0 bridgehead atoms. The van der Waals surface area contributed by atoms with Gasteiger partial charge in [0.15, 0.2) is 0 Å². The van der Waals surface area contributed by atoms with Crippen LogP contribution in [0, 0.1) is 0 Å². The normalized spacial score (nSPS) is 13.4. The van der Waals surface area contributed by atoms with Crippen LogP contribution >= 0.6 is 15.9 Å². The summed E-state index contributed by atoms with van der Waals surface area (Å²) < 4.78 is 1.08. The molecule has 0 saturated carbocycles. The van der Waals surface area contributed by atoms with Gasteiger partial charge < -0.3 is 5.73 Å². The molecular formula is C16H16BrN. The summed E-state index contributed by atoms with van der Waals surface area (Å²) in [4.78, 5) is 0. The molecule has 2 rings (SSSR count). The van der Waals surface area contributed by atoms with Gasteiger partial charge in [-0.05, 0) is 35.8 Å². The molecule has 0 heterocycles. The third-order valence-corrected chi connectivity index (χ3v) is 3.20. The van der Waals surface area contributed by atoms with Gasteiger partial charge in [0.05, 0.1) is 0 Å². The summed E-state index contributed by atoms with van der Waals surface area (Å²) in [6.07, 6.45) is 2.10. The second-order valence-electron chi connectivity index (χ2n) is 4.31. The highest BCUT2D eigenvalue weighted by Crippen LogP contribution is 2.25. The van der Waals surface area contributed by atoms with Gasteiger partial charge in [0.1, 0.15) is 0 Å². The molecule has 0 fully saturated rings. The topological polar surface area (TPSA) is 26.0 Å². The Morgan fingerprint density at radius 1 is 1.00 bits per heavy atom. The lowest BCUT2D eigenvalue weighted by molar-refractivity contribution is 0.928. The van der Waals surface area contributed by atoms with Crippen LogP contribution in [0.1, 0.15) is 18.1 Å². The van der Waals surface area contributed by atoms with Crippen molar-refractivity contribution in [1.82, 2.24) is 0 Å². The van der Waals surface area contributed by atoms with E-state index in [2.05, 4.69) is 46.3 Å². The molecule has 1 unspecified atom stereocenters. The summed E-state index contributed by atoms with van der Waals surface area (Å²) in [5.41, 5.74) is 9.46. The van der Waals surface area contributed by atoms with E-state index in [1.807, 2.05) is 37.3 Å². The van der Waals surface area contributed by atoms with Crippen LogP contribution in [0.2, 0.25) is 0 Å². The lowest BCUT2D eigenvalue weighted by atomic mass is 9.96. The molecular weight excluding hydrogens is 286 g/mol. The largest absolute Gasteiger partial charge is 0.325 e. The van der Waals surface area contributed by atoms with Gasteiger partial charge in [-0.2, -0.15) is 0 Å². The molecule has 92 valence electrons. The first-order valence-electron chi connectivity index (χ1n) is 5.95. The van der Waals surface area contributed by atoms with Gasteiger partial charge in [-0.3, -0.25) is 0 Å². The molecule has 0 aliphatic rings. The summed E-state index contributed by atoms with van der Waals surface area (Å²) in [7, 11) is 0. The van der Waals surface area contributed by atoms with Crippen molar-refractivity contribution >= 4 is 21.5 Å². The third kappa shape index (κ3) is 3.31. The highest BCUT2D eigenvalue weighted by atomic mass is 79.9. The number of nitrogens with two attached hydrogens (primary N) is 1. The van der Waals surface area contributed by atoms with E-state index in [-0.39, 0.29) is 6.04 Å². The number of benzene rings is 2. The maximum atomic E-state index is 5.91. The maximum absolute atomic E-state index is 5.91. The van der Waals surface area contributed by atoms with Crippen LogP contribution in [0.25, 0.3) is 5.57 Å². The standard InChI is InChI=1S/C16H16BrN/c1-12(18)11-16(13-5-3-2-4-6-13)14-7-9-15(17)10-8-14/h2-12H,18H2,1H3/b16-11+. The van der Waals surface area contributed by atoms with Crippen molar-refractivity contribution in [2.45, 2.75) is 13.0 Å². The molecule has 0 saturated heterocycles. The average molecular weight is 302 g/mol. The fourth-order valence-electron chi connectivity index (χ4n) is 1.87. The Morgan fingerprint density at radius 2 is 1.56 bits per heavy atom. The second-order valence-corrected chi connectivity index (χ2v) is 5.23. The predicted octanol–water partition coefficient (Wildman–Crippen LogP) is 4.23. The number of hydrogen-bond donors (Lipinski definition) is 1. The zero-order chi connectivity index (χ0) is 13.0. The quantitative estimate of drug-likeness (QED) is 0.902. The highest BCUT2D eigenvalue weighted by molar-refractivity contribution is 9.10. The molecule has 0 radical (unpaired) electrons. The van der Waals surface area contributed by atoms with Gasteiger partial charge in [0.25, 0.3) is 0 Å². The van der Waals surface area contributed by atoms with Crippen LogP contribution in [0.4, 0.5) is 0 Å². The summed E-state index contributed by atoms with van der Waals surface area (Å²) in [5.74, 6) is 0. The molecule has 1 nitrogen and oxygen atoms in total. The maximum Gasteiger partial charge on any atom is 0.0204 e. The summed E-state index contributed by atoms with van der Waals surface area (Å²) in [6.45, 7) is 1.99. The molecule has 18 heavy (non-hydrogen) atoms. The molecule has 2 aromatic rings. The summed E-state index contributed by atoms with van der Waals surface area (Å²) in [6, 6.07) is 18.7. The zero-order valence-electron chi connectivity index (χ0n) is 10.3. The smallest absolute Gasteiger partial charge is 0.0204 e. The Labute approximate surface area is 116 Å². The Balaban J connectivity index is 2.47. The minimum absolute atomic E-state index is 0.0313. The Morgan fingerprint density at radius 3 is 2.11 bits per heavy atom. The van der Waals surface area contributed by atoms with Gasteiger partial charge in [-0.15, -0.1) is 0 Å². The van der Waals surface area contributed by atoms with Crippen LogP contribution < -0.4 is 5.73 Å². The molecule has 2 aromatic carbocycles. The zero-order valence-corrected chi connectivity index (χ0v) is 11.9. The van der Waals surface area contributed by atoms with Crippen molar-refractivity contribution in [3.63, 3.8) is 0 Å². The lowest BCUT2D eigenvalue weighted by Crippen LogP contribution is -2.11. The van der Waals surface area contributed by atoms with Crippen molar-refractivity contribution in [3.05, 3.63) is 76.3 Å². The van der Waals surface area contributed by atoms with Crippen LogP contribution in [0.15, 0.2) is 65.1 Å². The Bertz CT molecular complexity index is 527. The molecule has 2 heteroatoms. The van der Waals surface area contributed by atoms with Crippen molar-refractivity contribution < 1.29 is 0 Å². The fourth-order valence-corrected chi connectivity index (χ4v) is 2.13. The monoisotopic (exact) mass is 301 g/mol. The van der Waals surface area contributed by atoms with E-state index < -0.39 is 0 Å². The van der Waals surface area contributed by atoms with Gasteiger partial charge in [-0.1, -0.05) is 64.5 Å². The highest BCUT2D eigenvalue weighted by Gasteiger charge is 2.05. The SMILES string of the molecule is CC(N)/C=C(\c1ccccc1)c1ccc(Br)cc1. The lowest BCUT2D eigenvalue weighted by Gasteiger charge is -2.10. The van der Waals surface area contributed by atoms with Crippen LogP contribution in [-0.4, -0.2) is 6.04 Å². The van der Waals surface area contributed by atoms with Crippen molar-refractivity contribution in [3.8, 4) is 0 Å². The van der Waals surface area contributed by atoms with Crippen LogP contribution in [-0.2, 0) is 0 Å². The molecule has 0 aliphatic heterocycles. The van der Waals surface area contributed by atoms with Crippen LogP contribution in [0.5, 0.6) is 0 Å². The van der Waals surface area contributed by atoms with E-state index in [0.29, 0.717) is 0 Å². The van der Waals surface area contributed by atoms with E-state index in [9.17, 15) is 0 Å². The van der Waals surface area contributed by atoms with E-state index in [4.69, 9.17) is 5.73 Å². The van der Waals surface area contributed by atoms with Crippen molar-refractivity contribution in [2.24, 2.45) is 5.73 Å². The first-order chi connectivity index (χ1) is 8.66. The fraction of sp³-hybridized carbons (Fsp3) is 0.125. The van der Waals surface area contributed by atoms with Crippen molar-refractivity contribution in [1.29, 1.82) is 0 Å². The summed E-state index contributed by atoms with van der Waals surface area (Å²) in [5, 5.41) is 0. The first-order valence-corrected chi connectivity index (χ1v) is 6.75.